The minimum absolute atomic E-state index is 0.267. The zero-order chi connectivity index (χ0) is 20.4. The Bertz CT molecular complexity index is 409. The first-order chi connectivity index (χ1) is 12.9. The molecule has 0 aromatic carbocycles. The van der Waals surface area contributed by atoms with E-state index in [9.17, 15) is 18.1 Å². The second kappa shape index (κ2) is 17.9. The number of aliphatic hydroxyl groups is 1. The third kappa shape index (κ3) is 17.7. The lowest BCUT2D eigenvalue weighted by molar-refractivity contribution is 0.148. The van der Waals surface area contributed by atoms with Crippen molar-refractivity contribution < 1.29 is 18.1 Å². The summed E-state index contributed by atoms with van der Waals surface area (Å²) in [6, 6.07) is 0. The van der Waals surface area contributed by atoms with Crippen molar-refractivity contribution in [2.24, 2.45) is 0 Å². The maximum Gasteiger partial charge on any atom is 0.267 e. The normalized spacial score (nSPS) is 14.4. The summed E-state index contributed by atoms with van der Waals surface area (Å²) >= 11 is 0. The second-order valence-electron chi connectivity index (χ2n) is 8.19. The highest BCUT2D eigenvalue weighted by Crippen LogP contribution is 2.19. The van der Waals surface area contributed by atoms with Crippen LogP contribution in [0, 0.1) is 0 Å². The standard InChI is InChI=1S/C22H46O4S/c1-3-5-7-8-9-10-11-12-13-14-19-22(27(24,25)26)20-16-15-18-21(23)17-6-4-2/h21-23H,3-20H2,1-2H3,(H,24,25,26). The van der Waals surface area contributed by atoms with Gasteiger partial charge in [0, 0.05) is 0 Å². The number of hydrogen-bond acceptors (Lipinski definition) is 3. The lowest BCUT2D eigenvalue weighted by Crippen LogP contribution is -2.20. The molecule has 0 saturated heterocycles. The van der Waals surface area contributed by atoms with Crippen LogP contribution in [0.5, 0.6) is 0 Å². The summed E-state index contributed by atoms with van der Waals surface area (Å²) in [6.45, 7) is 4.34. The minimum atomic E-state index is -3.95. The van der Waals surface area contributed by atoms with Gasteiger partial charge in [-0.3, -0.25) is 4.55 Å². The van der Waals surface area contributed by atoms with E-state index in [4.69, 9.17) is 0 Å². The van der Waals surface area contributed by atoms with E-state index < -0.39 is 15.4 Å². The van der Waals surface area contributed by atoms with Gasteiger partial charge in [0.05, 0.1) is 11.4 Å². The molecule has 0 radical (unpaired) electrons. The molecule has 2 N–H and O–H groups in total. The van der Waals surface area contributed by atoms with Crippen molar-refractivity contribution in [2.45, 2.75) is 141 Å². The topological polar surface area (TPSA) is 74.6 Å². The van der Waals surface area contributed by atoms with Crippen molar-refractivity contribution in [3.8, 4) is 0 Å². The number of unbranched alkanes of at least 4 members (excludes halogenated alkanes) is 11. The molecule has 4 nitrogen and oxygen atoms in total. The van der Waals surface area contributed by atoms with Crippen LogP contribution in [0.15, 0.2) is 0 Å². The van der Waals surface area contributed by atoms with Crippen LogP contribution in [-0.2, 0) is 10.1 Å². The molecule has 27 heavy (non-hydrogen) atoms. The number of aliphatic hydroxyl groups excluding tert-OH is 1. The molecular weight excluding hydrogens is 360 g/mol. The van der Waals surface area contributed by atoms with Gasteiger partial charge in [0.2, 0.25) is 0 Å². The summed E-state index contributed by atoms with van der Waals surface area (Å²) in [7, 11) is -3.95. The lowest BCUT2D eigenvalue weighted by Gasteiger charge is -2.15. The predicted molar refractivity (Wildman–Crippen MR) is 116 cm³/mol. The fourth-order valence-electron chi connectivity index (χ4n) is 3.64. The zero-order valence-electron chi connectivity index (χ0n) is 18.0. The van der Waals surface area contributed by atoms with Gasteiger partial charge in [-0.25, -0.2) is 0 Å². The van der Waals surface area contributed by atoms with Crippen molar-refractivity contribution in [3.05, 3.63) is 0 Å². The van der Waals surface area contributed by atoms with Crippen LogP contribution in [0.25, 0.3) is 0 Å². The molecule has 2 unspecified atom stereocenters. The Morgan fingerprint density at radius 2 is 0.963 bits per heavy atom. The summed E-state index contributed by atoms with van der Waals surface area (Å²) < 4.78 is 32.7. The molecule has 0 bridgehead atoms. The van der Waals surface area contributed by atoms with E-state index in [0.717, 1.165) is 57.8 Å². The first-order valence-electron chi connectivity index (χ1n) is 11.6. The van der Waals surface area contributed by atoms with E-state index in [1.807, 2.05) is 0 Å². The summed E-state index contributed by atoms with van der Waals surface area (Å²) in [5, 5.41) is 9.22. The van der Waals surface area contributed by atoms with Gasteiger partial charge in [-0.1, -0.05) is 104 Å². The van der Waals surface area contributed by atoms with Crippen LogP contribution in [0.2, 0.25) is 0 Å². The Hall–Kier alpha value is -0.130. The molecule has 2 atom stereocenters. The van der Waals surface area contributed by atoms with Crippen molar-refractivity contribution in [3.63, 3.8) is 0 Å². The minimum Gasteiger partial charge on any atom is -0.393 e. The molecule has 0 aliphatic heterocycles. The van der Waals surface area contributed by atoms with Gasteiger partial charge in [-0.05, 0) is 25.7 Å². The van der Waals surface area contributed by atoms with E-state index in [2.05, 4.69) is 13.8 Å². The third-order valence-corrected chi connectivity index (χ3v) is 6.82. The van der Waals surface area contributed by atoms with E-state index in [1.54, 1.807) is 0 Å². The van der Waals surface area contributed by atoms with Gasteiger partial charge in [-0.15, -0.1) is 0 Å². The fraction of sp³-hybridized carbons (Fsp3) is 1.00. The van der Waals surface area contributed by atoms with Gasteiger partial charge in [-0.2, -0.15) is 8.42 Å². The fourth-order valence-corrected chi connectivity index (χ4v) is 4.57. The van der Waals surface area contributed by atoms with Crippen LogP contribution < -0.4 is 0 Å². The van der Waals surface area contributed by atoms with E-state index in [-0.39, 0.29) is 6.10 Å². The Morgan fingerprint density at radius 3 is 1.44 bits per heavy atom. The quantitative estimate of drug-likeness (QED) is 0.175. The molecule has 0 amide bonds. The lowest BCUT2D eigenvalue weighted by atomic mass is 10.0. The first-order valence-corrected chi connectivity index (χ1v) is 13.1. The molecule has 0 fully saturated rings. The molecule has 0 spiro atoms. The predicted octanol–water partition coefficient (Wildman–Crippen LogP) is 6.67. The first kappa shape index (κ1) is 26.9. The molecular formula is C22H46O4S. The zero-order valence-corrected chi connectivity index (χ0v) is 18.8. The van der Waals surface area contributed by atoms with Gasteiger partial charge < -0.3 is 5.11 Å². The SMILES string of the molecule is CCCCCCCCCCCCC(CCCCC(O)CCCC)S(=O)(=O)O. The Balaban J connectivity index is 3.77. The van der Waals surface area contributed by atoms with E-state index >= 15 is 0 Å². The molecule has 0 saturated carbocycles. The highest BCUT2D eigenvalue weighted by molar-refractivity contribution is 7.86. The van der Waals surface area contributed by atoms with Crippen LogP contribution in [0.4, 0.5) is 0 Å². The highest BCUT2D eigenvalue weighted by Gasteiger charge is 2.22. The molecule has 0 heterocycles. The highest BCUT2D eigenvalue weighted by atomic mass is 32.2. The summed E-state index contributed by atoms with van der Waals surface area (Å²) in [5.74, 6) is 0. The smallest absolute Gasteiger partial charge is 0.267 e. The average molecular weight is 407 g/mol. The maximum absolute atomic E-state index is 11.6. The summed E-state index contributed by atoms with van der Waals surface area (Å²) in [6.07, 6.45) is 18.3. The molecule has 0 rings (SSSR count). The maximum atomic E-state index is 11.6. The van der Waals surface area contributed by atoms with Crippen LogP contribution in [-0.4, -0.2) is 29.4 Å². The largest absolute Gasteiger partial charge is 0.393 e. The summed E-state index contributed by atoms with van der Waals surface area (Å²) in [4.78, 5) is 0. The monoisotopic (exact) mass is 406 g/mol. The van der Waals surface area contributed by atoms with Gasteiger partial charge in [0.1, 0.15) is 0 Å². The second-order valence-corrected chi connectivity index (χ2v) is 9.88. The molecule has 0 aromatic rings. The van der Waals surface area contributed by atoms with Crippen molar-refractivity contribution in [1.82, 2.24) is 0 Å². The van der Waals surface area contributed by atoms with Gasteiger partial charge in [0.15, 0.2) is 0 Å². The molecule has 5 heteroatoms. The third-order valence-electron chi connectivity index (χ3n) is 5.51. The Morgan fingerprint density at radius 1 is 0.593 bits per heavy atom. The van der Waals surface area contributed by atoms with E-state index in [1.165, 1.54) is 44.9 Å². The molecule has 0 aliphatic rings. The number of rotatable bonds is 20. The summed E-state index contributed by atoms with van der Waals surface area (Å²) in [5.41, 5.74) is 0. The number of hydrogen-bond donors (Lipinski definition) is 2. The molecule has 0 aliphatic carbocycles. The average Bonchev–Trinajstić information content (AvgIpc) is 2.62. The van der Waals surface area contributed by atoms with E-state index in [0.29, 0.717) is 12.8 Å². The molecule has 164 valence electrons. The van der Waals surface area contributed by atoms with Crippen LogP contribution in [0.1, 0.15) is 129 Å². The van der Waals surface area contributed by atoms with Gasteiger partial charge in [0.25, 0.3) is 10.1 Å². The Kier molecular flexibility index (Phi) is 17.8. The van der Waals surface area contributed by atoms with Crippen LogP contribution >= 0.6 is 0 Å². The van der Waals surface area contributed by atoms with Crippen molar-refractivity contribution in [2.75, 3.05) is 0 Å². The Labute approximate surface area is 169 Å². The van der Waals surface area contributed by atoms with Gasteiger partial charge >= 0.3 is 0 Å². The van der Waals surface area contributed by atoms with Crippen molar-refractivity contribution >= 4 is 10.1 Å². The van der Waals surface area contributed by atoms with Crippen molar-refractivity contribution in [1.29, 1.82) is 0 Å². The molecule has 0 aromatic heterocycles. The van der Waals surface area contributed by atoms with Crippen LogP contribution in [0.3, 0.4) is 0 Å².